The maximum atomic E-state index is 12.1. The van der Waals surface area contributed by atoms with Crippen LogP contribution in [0.4, 0.5) is 5.69 Å². The number of carbonyl (C=O) groups is 3. The van der Waals surface area contributed by atoms with Gasteiger partial charge in [-0.3, -0.25) is 9.59 Å². The number of hydrogen-bond acceptors (Lipinski definition) is 4. The topological polar surface area (TPSA) is 84.5 Å². The van der Waals surface area contributed by atoms with E-state index in [1.165, 1.54) is 19.1 Å². The molecule has 2 aromatic carbocycles. The number of esters is 1. The van der Waals surface area contributed by atoms with Gasteiger partial charge in [-0.1, -0.05) is 47.5 Å². The SMILES string of the molecule is Cc1cccc(C)c1NC(=O)CNC(=O)C(C)OC(=O)/C=C/c1ccc(Cl)c(Cl)c1. The second-order valence-corrected chi connectivity index (χ2v) is 7.43. The van der Waals surface area contributed by atoms with E-state index in [1.807, 2.05) is 32.0 Å². The lowest BCUT2D eigenvalue weighted by molar-refractivity contribution is -0.150. The van der Waals surface area contributed by atoms with Crippen molar-refractivity contribution in [2.45, 2.75) is 26.9 Å². The molecule has 158 valence electrons. The number of benzene rings is 2. The maximum Gasteiger partial charge on any atom is 0.331 e. The van der Waals surface area contributed by atoms with E-state index in [4.69, 9.17) is 27.9 Å². The molecule has 0 aromatic heterocycles. The molecule has 0 saturated carbocycles. The van der Waals surface area contributed by atoms with Crippen molar-refractivity contribution in [3.05, 3.63) is 69.2 Å². The number of para-hydroxylation sites is 1. The highest BCUT2D eigenvalue weighted by atomic mass is 35.5. The zero-order chi connectivity index (χ0) is 22.3. The Morgan fingerprint density at radius 3 is 2.37 bits per heavy atom. The quantitative estimate of drug-likeness (QED) is 0.488. The molecular weight excluding hydrogens is 427 g/mol. The van der Waals surface area contributed by atoms with Gasteiger partial charge in [0, 0.05) is 11.8 Å². The standard InChI is InChI=1S/C22H22Cl2N2O4/c1-13-5-4-6-14(2)21(13)26-19(27)12-25-22(29)15(3)30-20(28)10-8-16-7-9-17(23)18(24)11-16/h4-11,15H,12H2,1-3H3,(H,25,29)(H,26,27)/b10-8+. The molecule has 2 N–H and O–H groups in total. The average molecular weight is 449 g/mol. The molecule has 2 amide bonds. The summed E-state index contributed by atoms with van der Waals surface area (Å²) in [6.45, 7) is 4.94. The minimum absolute atomic E-state index is 0.242. The second kappa shape index (κ2) is 10.8. The van der Waals surface area contributed by atoms with E-state index < -0.39 is 18.0 Å². The highest BCUT2D eigenvalue weighted by molar-refractivity contribution is 6.42. The lowest BCUT2D eigenvalue weighted by Crippen LogP contribution is -2.40. The Labute approximate surface area is 185 Å². The highest BCUT2D eigenvalue weighted by Crippen LogP contribution is 2.23. The van der Waals surface area contributed by atoms with Gasteiger partial charge < -0.3 is 15.4 Å². The third kappa shape index (κ3) is 6.90. The van der Waals surface area contributed by atoms with E-state index in [9.17, 15) is 14.4 Å². The molecule has 30 heavy (non-hydrogen) atoms. The minimum atomic E-state index is -1.07. The van der Waals surface area contributed by atoms with Crippen molar-refractivity contribution < 1.29 is 19.1 Å². The number of hydrogen-bond donors (Lipinski definition) is 2. The van der Waals surface area contributed by atoms with E-state index >= 15 is 0 Å². The van der Waals surface area contributed by atoms with Crippen molar-refractivity contribution in [3.8, 4) is 0 Å². The fraction of sp³-hybridized carbons (Fsp3) is 0.227. The Balaban J connectivity index is 1.82. The van der Waals surface area contributed by atoms with Crippen molar-refractivity contribution in [3.63, 3.8) is 0 Å². The van der Waals surface area contributed by atoms with Crippen LogP contribution in [-0.2, 0) is 19.1 Å². The molecule has 8 heteroatoms. The molecule has 0 aliphatic rings. The van der Waals surface area contributed by atoms with Gasteiger partial charge in [0.15, 0.2) is 6.10 Å². The van der Waals surface area contributed by atoms with Crippen LogP contribution >= 0.6 is 23.2 Å². The highest BCUT2D eigenvalue weighted by Gasteiger charge is 2.17. The number of halogens is 2. The first-order chi connectivity index (χ1) is 14.2. The molecule has 0 saturated heterocycles. The number of ether oxygens (including phenoxy) is 1. The second-order valence-electron chi connectivity index (χ2n) is 6.62. The van der Waals surface area contributed by atoms with Crippen LogP contribution in [0.5, 0.6) is 0 Å². The molecule has 0 spiro atoms. The zero-order valence-electron chi connectivity index (χ0n) is 16.8. The fourth-order valence-corrected chi connectivity index (χ4v) is 2.86. The number of rotatable bonds is 7. The van der Waals surface area contributed by atoms with Crippen LogP contribution in [0.25, 0.3) is 6.08 Å². The van der Waals surface area contributed by atoms with Gasteiger partial charge in [0.25, 0.3) is 5.91 Å². The van der Waals surface area contributed by atoms with Gasteiger partial charge in [0.2, 0.25) is 5.91 Å². The molecule has 0 radical (unpaired) electrons. The Morgan fingerprint density at radius 2 is 1.73 bits per heavy atom. The van der Waals surface area contributed by atoms with Gasteiger partial charge in [-0.15, -0.1) is 0 Å². The van der Waals surface area contributed by atoms with E-state index in [2.05, 4.69) is 10.6 Å². The van der Waals surface area contributed by atoms with Crippen LogP contribution < -0.4 is 10.6 Å². The summed E-state index contributed by atoms with van der Waals surface area (Å²) in [6, 6.07) is 10.5. The lowest BCUT2D eigenvalue weighted by atomic mass is 10.1. The third-order valence-electron chi connectivity index (χ3n) is 4.19. The first-order valence-electron chi connectivity index (χ1n) is 9.15. The van der Waals surface area contributed by atoms with Crippen LogP contribution in [0.3, 0.4) is 0 Å². The van der Waals surface area contributed by atoms with Crippen LogP contribution in [0.15, 0.2) is 42.5 Å². The van der Waals surface area contributed by atoms with Gasteiger partial charge in [-0.25, -0.2) is 4.79 Å². The van der Waals surface area contributed by atoms with Crippen molar-refractivity contribution in [2.24, 2.45) is 0 Å². The van der Waals surface area contributed by atoms with Crippen LogP contribution in [-0.4, -0.2) is 30.4 Å². The van der Waals surface area contributed by atoms with Crippen LogP contribution in [0, 0.1) is 13.8 Å². The first-order valence-corrected chi connectivity index (χ1v) is 9.90. The van der Waals surface area contributed by atoms with Crippen molar-refractivity contribution in [2.75, 3.05) is 11.9 Å². The van der Waals surface area contributed by atoms with Gasteiger partial charge >= 0.3 is 5.97 Å². The molecule has 2 rings (SSSR count). The molecule has 1 atom stereocenters. The molecule has 0 fully saturated rings. The van der Waals surface area contributed by atoms with Gasteiger partial charge in [0.1, 0.15) is 0 Å². The molecule has 6 nitrogen and oxygen atoms in total. The summed E-state index contributed by atoms with van der Waals surface area (Å²) in [4.78, 5) is 36.1. The number of anilines is 1. The van der Waals surface area contributed by atoms with E-state index in [0.29, 0.717) is 21.3 Å². The van der Waals surface area contributed by atoms with Crippen molar-refractivity contribution in [1.29, 1.82) is 0 Å². The number of amides is 2. The normalized spacial score (nSPS) is 11.8. The summed E-state index contributed by atoms with van der Waals surface area (Å²) >= 11 is 11.8. The van der Waals surface area contributed by atoms with Gasteiger partial charge in [-0.05, 0) is 55.7 Å². The smallest absolute Gasteiger partial charge is 0.331 e. The van der Waals surface area contributed by atoms with Crippen molar-refractivity contribution in [1.82, 2.24) is 5.32 Å². The van der Waals surface area contributed by atoms with Crippen molar-refractivity contribution >= 4 is 52.7 Å². The van der Waals surface area contributed by atoms with Gasteiger partial charge in [0.05, 0.1) is 16.6 Å². The summed E-state index contributed by atoms with van der Waals surface area (Å²) in [5.74, 6) is -1.66. The summed E-state index contributed by atoms with van der Waals surface area (Å²) in [6.07, 6.45) is 1.61. The minimum Gasteiger partial charge on any atom is -0.449 e. The molecular formula is C22H22Cl2N2O4. The van der Waals surface area contributed by atoms with E-state index in [1.54, 1.807) is 18.2 Å². The average Bonchev–Trinajstić information content (AvgIpc) is 2.69. The molecule has 0 bridgehead atoms. The predicted octanol–water partition coefficient (Wildman–Crippen LogP) is 4.31. The summed E-state index contributed by atoms with van der Waals surface area (Å²) < 4.78 is 5.05. The fourth-order valence-electron chi connectivity index (χ4n) is 2.55. The summed E-state index contributed by atoms with van der Waals surface area (Å²) in [5, 5.41) is 5.98. The van der Waals surface area contributed by atoms with E-state index in [0.717, 1.165) is 11.1 Å². The Kier molecular flexibility index (Phi) is 8.45. The molecule has 0 aliphatic heterocycles. The molecule has 0 heterocycles. The lowest BCUT2D eigenvalue weighted by Gasteiger charge is -2.14. The predicted molar refractivity (Wildman–Crippen MR) is 119 cm³/mol. The Bertz CT molecular complexity index is 969. The number of nitrogens with one attached hydrogen (secondary N) is 2. The number of aryl methyl sites for hydroxylation is 2. The maximum absolute atomic E-state index is 12.1. The van der Waals surface area contributed by atoms with Crippen LogP contribution in [0.1, 0.15) is 23.6 Å². The van der Waals surface area contributed by atoms with Gasteiger partial charge in [-0.2, -0.15) is 0 Å². The summed E-state index contributed by atoms with van der Waals surface area (Å²) in [7, 11) is 0. The summed E-state index contributed by atoms with van der Waals surface area (Å²) in [5.41, 5.74) is 3.21. The largest absolute Gasteiger partial charge is 0.449 e. The zero-order valence-corrected chi connectivity index (χ0v) is 18.3. The Morgan fingerprint density at radius 1 is 1.07 bits per heavy atom. The molecule has 0 aliphatic carbocycles. The first kappa shape index (κ1) is 23.4. The van der Waals surface area contributed by atoms with Crippen LogP contribution in [0.2, 0.25) is 10.0 Å². The molecule has 1 unspecified atom stereocenters. The Hall–Kier alpha value is -2.83. The molecule has 2 aromatic rings. The monoisotopic (exact) mass is 448 g/mol. The number of carbonyl (C=O) groups excluding carboxylic acids is 3. The third-order valence-corrected chi connectivity index (χ3v) is 4.93. The van der Waals surface area contributed by atoms with E-state index in [-0.39, 0.29) is 12.5 Å².